The Hall–Kier alpha value is -1.43. The molecule has 0 radical (unpaired) electrons. The number of nitrogens with two attached hydrogens (primary N) is 1. The van der Waals surface area contributed by atoms with Crippen LogP contribution < -0.4 is 11.1 Å². The van der Waals surface area contributed by atoms with Gasteiger partial charge in [-0.2, -0.15) is 0 Å². The van der Waals surface area contributed by atoms with E-state index in [1.165, 1.54) is 0 Å². The number of hydrogen-bond acceptors (Lipinski definition) is 4. The quantitative estimate of drug-likeness (QED) is 0.833. The van der Waals surface area contributed by atoms with Crippen LogP contribution in [0.2, 0.25) is 0 Å². The number of amides is 1. The first-order chi connectivity index (χ1) is 8.96. The maximum atomic E-state index is 10.9. The SMILES string of the molecule is CC1(C)OCC(CNCc2ccc(C(N)=O)cc2)O1. The van der Waals surface area contributed by atoms with Crippen LogP contribution >= 0.6 is 0 Å². The fourth-order valence-corrected chi connectivity index (χ4v) is 2.03. The molecule has 0 saturated carbocycles. The van der Waals surface area contributed by atoms with Crippen LogP contribution in [0.4, 0.5) is 0 Å². The molecule has 2 rings (SSSR count). The average Bonchev–Trinajstić information content (AvgIpc) is 2.69. The van der Waals surface area contributed by atoms with Gasteiger partial charge < -0.3 is 20.5 Å². The normalized spacial score (nSPS) is 21.5. The minimum absolute atomic E-state index is 0.0832. The van der Waals surface area contributed by atoms with Crippen LogP contribution in [0.5, 0.6) is 0 Å². The molecule has 5 heteroatoms. The van der Waals surface area contributed by atoms with Gasteiger partial charge in [-0.05, 0) is 31.5 Å². The van der Waals surface area contributed by atoms with Gasteiger partial charge in [0.25, 0.3) is 0 Å². The summed E-state index contributed by atoms with van der Waals surface area (Å²) in [7, 11) is 0. The van der Waals surface area contributed by atoms with E-state index >= 15 is 0 Å². The Labute approximate surface area is 113 Å². The molecule has 1 aliphatic rings. The monoisotopic (exact) mass is 264 g/mol. The summed E-state index contributed by atoms with van der Waals surface area (Å²) in [6.07, 6.45) is 0.0832. The van der Waals surface area contributed by atoms with Gasteiger partial charge in [-0.3, -0.25) is 4.79 Å². The topological polar surface area (TPSA) is 73.6 Å². The summed E-state index contributed by atoms with van der Waals surface area (Å²) in [5.41, 5.74) is 6.81. The Bertz CT molecular complexity index is 443. The number of carbonyl (C=O) groups excluding carboxylic acids is 1. The zero-order chi connectivity index (χ0) is 13.9. The van der Waals surface area contributed by atoms with Gasteiger partial charge in [0.2, 0.25) is 5.91 Å². The second kappa shape index (κ2) is 5.69. The zero-order valence-electron chi connectivity index (χ0n) is 11.3. The van der Waals surface area contributed by atoms with E-state index in [1.54, 1.807) is 12.1 Å². The first-order valence-electron chi connectivity index (χ1n) is 6.37. The molecule has 3 N–H and O–H groups in total. The summed E-state index contributed by atoms with van der Waals surface area (Å²) < 4.78 is 11.2. The highest BCUT2D eigenvalue weighted by Crippen LogP contribution is 2.21. The van der Waals surface area contributed by atoms with Crippen molar-refractivity contribution in [1.82, 2.24) is 5.32 Å². The highest BCUT2D eigenvalue weighted by atomic mass is 16.7. The maximum absolute atomic E-state index is 10.9. The van der Waals surface area contributed by atoms with Crippen LogP contribution in [0.25, 0.3) is 0 Å². The molecule has 1 unspecified atom stereocenters. The molecule has 104 valence electrons. The molecule has 1 fully saturated rings. The van der Waals surface area contributed by atoms with Crippen LogP contribution in [0.3, 0.4) is 0 Å². The Kier molecular flexibility index (Phi) is 4.19. The van der Waals surface area contributed by atoms with Crippen LogP contribution in [-0.2, 0) is 16.0 Å². The Morgan fingerprint density at radius 2 is 2.11 bits per heavy atom. The van der Waals surface area contributed by atoms with E-state index in [0.29, 0.717) is 12.2 Å². The molecule has 5 nitrogen and oxygen atoms in total. The summed E-state index contributed by atoms with van der Waals surface area (Å²) in [5.74, 6) is -0.881. The number of nitrogens with one attached hydrogen (secondary N) is 1. The van der Waals surface area contributed by atoms with Crippen molar-refractivity contribution in [1.29, 1.82) is 0 Å². The highest BCUT2D eigenvalue weighted by Gasteiger charge is 2.32. The van der Waals surface area contributed by atoms with E-state index in [0.717, 1.165) is 18.7 Å². The number of rotatable bonds is 5. The number of ether oxygens (including phenoxy) is 2. The second-order valence-electron chi connectivity index (χ2n) is 5.14. The molecule has 0 aliphatic carbocycles. The van der Waals surface area contributed by atoms with Gasteiger partial charge in [-0.25, -0.2) is 0 Å². The fraction of sp³-hybridized carbons (Fsp3) is 0.500. The third-order valence-electron chi connectivity index (χ3n) is 3.01. The lowest BCUT2D eigenvalue weighted by atomic mass is 10.1. The van der Waals surface area contributed by atoms with Gasteiger partial charge in [0, 0.05) is 18.7 Å². The fourth-order valence-electron chi connectivity index (χ4n) is 2.03. The highest BCUT2D eigenvalue weighted by molar-refractivity contribution is 5.92. The summed E-state index contributed by atoms with van der Waals surface area (Å²) in [6, 6.07) is 7.25. The van der Waals surface area contributed by atoms with Crippen LogP contribution in [0, 0.1) is 0 Å². The molecule has 0 spiro atoms. The smallest absolute Gasteiger partial charge is 0.248 e. The number of primary amides is 1. The van der Waals surface area contributed by atoms with Crippen molar-refractivity contribution in [2.45, 2.75) is 32.3 Å². The van der Waals surface area contributed by atoms with Crippen molar-refractivity contribution >= 4 is 5.91 Å². The van der Waals surface area contributed by atoms with Crippen LogP contribution in [-0.4, -0.2) is 30.9 Å². The van der Waals surface area contributed by atoms with E-state index in [2.05, 4.69) is 5.32 Å². The van der Waals surface area contributed by atoms with Gasteiger partial charge in [0.1, 0.15) is 0 Å². The number of benzene rings is 1. The Morgan fingerprint density at radius 3 is 2.63 bits per heavy atom. The lowest BCUT2D eigenvalue weighted by Crippen LogP contribution is -2.30. The Morgan fingerprint density at radius 1 is 1.42 bits per heavy atom. The molecule has 1 saturated heterocycles. The number of carbonyl (C=O) groups is 1. The van der Waals surface area contributed by atoms with Crippen molar-refractivity contribution in [3.05, 3.63) is 35.4 Å². The minimum atomic E-state index is -0.477. The lowest BCUT2D eigenvalue weighted by molar-refractivity contribution is -0.137. The average molecular weight is 264 g/mol. The molecule has 1 aromatic rings. The Balaban J connectivity index is 1.75. The maximum Gasteiger partial charge on any atom is 0.248 e. The van der Waals surface area contributed by atoms with Gasteiger partial charge in [-0.15, -0.1) is 0 Å². The molecule has 0 bridgehead atoms. The van der Waals surface area contributed by atoms with E-state index in [1.807, 2.05) is 26.0 Å². The molecular weight excluding hydrogens is 244 g/mol. The predicted molar refractivity (Wildman–Crippen MR) is 71.6 cm³/mol. The van der Waals surface area contributed by atoms with Gasteiger partial charge >= 0.3 is 0 Å². The van der Waals surface area contributed by atoms with Gasteiger partial charge in [0.15, 0.2) is 5.79 Å². The molecule has 1 atom stereocenters. The van der Waals surface area contributed by atoms with Crippen LogP contribution in [0.1, 0.15) is 29.8 Å². The summed E-state index contributed by atoms with van der Waals surface area (Å²) >= 11 is 0. The van der Waals surface area contributed by atoms with Gasteiger partial charge in [-0.1, -0.05) is 12.1 Å². The van der Waals surface area contributed by atoms with E-state index in [9.17, 15) is 4.79 Å². The van der Waals surface area contributed by atoms with E-state index < -0.39 is 11.7 Å². The summed E-state index contributed by atoms with van der Waals surface area (Å²) in [5, 5.41) is 3.31. The molecular formula is C14H20N2O3. The van der Waals surface area contributed by atoms with Crippen molar-refractivity contribution in [2.24, 2.45) is 5.73 Å². The molecule has 1 aliphatic heterocycles. The predicted octanol–water partition coefficient (Wildman–Crippen LogP) is 1.03. The number of hydrogen-bond donors (Lipinski definition) is 2. The minimum Gasteiger partial charge on any atom is -0.366 e. The third kappa shape index (κ3) is 4.02. The third-order valence-corrected chi connectivity index (χ3v) is 3.01. The van der Waals surface area contributed by atoms with Crippen LogP contribution in [0.15, 0.2) is 24.3 Å². The van der Waals surface area contributed by atoms with Crippen molar-refractivity contribution in [3.8, 4) is 0 Å². The van der Waals surface area contributed by atoms with Gasteiger partial charge in [0.05, 0.1) is 12.7 Å². The standard InChI is InChI=1S/C14H20N2O3/c1-14(2)18-9-12(19-14)8-16-7-10-3-5-11(6-4-10)13(15)17/h3-6,12,16H,7-9H2,1-2H3,(H2,15,17). The largest absolute Gasteiger partial charge is 0.366 e. The van der Waals surface area contributed by atoms with Crippen molar-refractivity contribution < 1.29 is 14.3 Å². The lowest BCUT2D eigenvalue weighted by Gasteiger charge is -2.17. The summed E-state index contributed by atoms with van der Waals surface area (Å²) in [4.78, 5) is 10.9. The van der Waals surface area contributed by atoms with Crippen molar-refractivity contribution in [2.75, 3.05) is 13.2 Å². The summed E-state index contributed by atoms with van der Waals surface area (Å²) in [6.45, 7) is 5.89. The molecule has 1 amide bonds. The molecule has 1 heterocycles. The van der Waals surface area contributed by atoms with Crippen molar-refractivity contribution in [3.63, 3.8) is 0 Å². The first-order valence-corrected chi connectivity index (χ1v) is 6.37. The van der Waals surface area contributed by atoms with E-state index in [4.69, 9.17) is 15.2 Å². The van der Waals surface area contributed by atoms with E-state index in [-0.39, 0.29) is 6.10 Å². The first kappa shape index (κ1) is 14.0. The zero-order valence-corrected chi connectivity index (χ0v) is 11.3. The molecule has 19 heavy (non-hydrogen) atoms. The molecule has 0 aromatic heterocycles. The second-order valence-corrected chi connectivity index (χ2v) is 5.14. The molecule has 1 aromatic carbocycles.